The SMILES string of the molecule is CCCS(=O)(=O)N1CCCCC1C(=O)NCCC(=O)NCc1ccccc1. The summed E-state index contributed by atoms with van der Waals surface area (Å²) in [6.45, 7) is 2.83. The molecule has 1 aromatic rings. The first kappa shape index (κ1) is 21.4. The average Bonchev–Trinajstić information content (AvgIpc) is 2.67. The van der Waals surface area contributed by atoms with Gasteiger partial charge in [-0.2, -0.15) is 4.31 Å². The maximum absolute atomic E-state index is 12.5. The molecular weight excluding hydrogens is 366 g/mol. The van der Waals surface area contributed by atoms with Gasteiger partial charge in [0.2, 0.25) is 21.8 Å². The van der Waals surface area contributed by atoms with Crippen molar-refractivity contribution in [3.05, 3.63) is 35.9 Å². The third kappa shape index (κ3) is 6.62. The molecule has 1 aliphatic rings. The summed E-state index contributed by atoms with van der Waals surface area (Å²) >= 11 is 0. The van der Waals surface area contributed by atoms with E-state index in [-0.39, 0.29) is 30.5 Å². The van der Waals surface area contributed by atoms with Gasteiger partial charge in [0.05, 0.1) is 5.75 Å². The van der Waals surface area contributed by atoms with Gasteiger partial charge in [-0.3, -0.25) is 9.59 Å². The lowest BCUT2D eigenvalue weighted by Crippen LogP contribution is -2.52. The summed E-state index contributed by atoms with van der Waals surface area (Å²) < 4.78 is 26.1. The summed E-state index contributed by atoms with van der Waals surface area (Å²) in [5.74, 6) is -0.415. The first-order valence-electron chi connectivity index (χ1n) is 9.52. The molecule has 150 valence electrons. The van der Waals surface area contributed by atoms with E-state index in [2.05, 4.69) is 10.6 Å². The topological polar surface area (TPSA) is 95.6 Å². The van der Waals surface area contributed by atoms with Gasteiger partial charge in [0, 0.05) is 26.1 Å². The predicted octanol–water partition coefficient (Wildman–Crippen LogP) is 1.40. The maximum Gasteiger partial charge on any atom is 0.238 e. The van der Waals surface area contributed by atoms with E-state index in [1.807, 2.05) is 37.3 Å². The van der Waals surface area contributed by atoms with E-state index >= 15 is 0 Å². The minimum absolute atomic E-state index is 0.0542. The molecule has 2 N–H and O–H groups in total. The minimum atomic E-state index is -3.41. The van der Waals surface area contributed by atoms with Crippen LogP contribution in [0.15, 0.2) is 30.3 Å². The van der Waals surface area contributed by atoms with Crippen LogP contribution in [-0.4, -0.2) is 49.4 Å². The molecule has 2 rings (SSSR count). The van der Waals surface area contributed by atoms with Crippen molar-refractivity contribution in [2.75, 3.05) is 18.8 Å². The molecule has 8 heteroatoms. The van der Waals surface area contributed by atoms with Crippen LogP contribution in [0.1, 0.15) is 44.6 Å². The average molecular weight is 396 g/mol. The molecule has 0 aromatic heterocycles. The van der Waals surface area contributed by atoms with E-state index in [1.54, 1.807) is 0 Å². The van der Waals surface area contributed by atoms with Crippen LogP contribution in [-0.2, 0) is 26.2 Å². The summed E-state index contributed by atoms with van der Waals surface area (Å²) in [6, 6.07) is 8.92. The lowest BCUT2D eigenvalue weighted by atomic mass is 10.0. The molecule has 1 heterocycles. The molecule has 1 fully saturated rings. The van der Waals surface area contributed by atoms with E-state index < -0.39 is 16.1 Å². The second kappa shape index (κ2) is 10.4. The van der Waals surface area contributed by atoms with Gasteiger partial charge in [0.1, 0.15) is 6.04 Å². The molecule has 1 aliphatic heterocycles. The highest BCUT2D eigenvalue weighted by Gasteiger charge is 2.35. The fourth-order valence-corrected chi connectivity index (χ4v) is 4.92. The minimum Gasteiger partial charge on any atom is -0.354 e. The molecular formula is C19H29N3O4S. The second-order valence-corrected chi connectivity index (χ2v) is 8.78. The zero-order valence-electron chi connectivity index (χ0n) is 15.8. The van der Waals surface area contributed by atoms with Gasteiger partial charge in [0.25, 0.3) is 0 Å². The van der Waals surface area contributed by atoms with Crippen molar-refractivity contribution in [3.63, 3.8) is 0 Å². The van der Waals surface area contributed by atoms with E-state index in [9.17, 15) is 18.0 Å². The number of carbonyl (C=O) groups excluding carboxylic acids is 2. The van der Waals surface area contributed by atoms with Gasteiger partial charge < -0.3 is 10.6 Å². The van der Waals surface area contributed by atoms with E-state index in [4.69, 9.17) is 0 Å². The Labute approximate surface area is 161 Å². The number of sulfonamides is 1. The summed E-state index contributed by atoms with van der Waals surface area (Å²) in [4.78, 5) is 24.4. The van der Waals surface area contributed by atoms with Crippen molar-refractivity contribution in [1.29, 1.82) is 0 Å². The normalized spacial score (nSPS) is 18.0. The number of piperidine rings is 1. The highest BCUT2D eigenvalue weighted by Crippen LogP contribution is 2.21. The molecule has 1 saturated heterocycles. The van der Waals surface area contributed by atoms with Crippen LogP contribution in [0, 0.1) is 0 Å². The van der Waals surface area contributed by atoms with E-state index in [1.165, 1.54) is 4.31 Å². The zero-order chi connectivity index (χ0) is 19.7. The van der Waals surface area contributed by atoms with Gasteiger partial charge in [-0.05, 0) is 24.8 Å². The molecule has 0 saturated carbocycles. The van der Waals surface area contributed by atoms with E-state index in [0.717, 1.165) is 18.4 Å². The Morgan fingerprint density at radius 2 is 1.89 bits per heavy atom. The molecule has 1 atom stereocenters. The molecule has 7 nitrogen and oxygen atoms in total. The Balaban J connectivity index is 1.78. The van der Waals surface area contributed by atoms with Crippen LogP contribution in [0.5, 0.6) is 0 Å². The Morgan fingerprint density at radius 3 is 2.59 bits per heavy atom. The van der Waals surface area contributed by atoms with Crippen LogP contribution in [0.4, 0.5) is 0 Å². The lowest BCUT2D eigenvalue weighted by molar-refractivity contribution is -0.126. The second-order valence-electron chi connectivity index (χ2n) is 6.74. The number of hydrogen-bond acceptors (Lipinski definition) is 4. The maximum atomic E-state index is 12.5. The predicted molar refractivity (Wildman–Crippen MR) is 104 cm³/mol. The molecule has 27 heavy (non-hydrogen) atoms. The number of amides is 2. The number of rotatable bonds is 9. The van der Waals surface area contributed by atoms with Crippen molar-refractivity contribution in [2.24, 2.45) is 0 Å². The Bertz CT molecular complexity index is 722. The molecule has 0 bridgehead atoms. The molecule has 2 amide bonds. The van der Waals surface area contributed by atoms with Gasteiger partial charge in [-0.1, -0.05) is 43.7 Å². The van der Waals surface area contributed by atoms with Crippen molar-refractivity contribution in [1.82, 2.24) is 14.9 Å². The molecule has 1 aromatic carbocycles. The first-order chi connectivity index (χ1) is 12.9. The number of benzene rings is 1. The van der Waals surface area contributed by atoms with Crippen molar-refractivity contribution in [3.8, 4) is 0 Å². The molecule has 0 spiro atoms. The summed E-state index contributed by atoms with van der Waals surface area (Å²) in [5.41, 5.74) is 1.01. The third-order valence-corrected chi connectivity index (χ3v) is 6.64. The Hall–Kier alpha value is -1.93. The van der Waals surface area contributed by atoms with Gasteiger partial charge in [0.15, 0.2) is 0 Å². The van der Waals surface area contributed by atoms with Crippen molar-refractivity contribution in [2.45, 2.75) is 51.6 Å². The fourth-order valence-electron chi connectivity index (χ4n) is 3.18. The van der Waals surface area contributed by atoms with Crippen molar-refractivity contribution >= 4 is 21.8 Å². The lowest BCUT2D eigenvalue weighted by Gasteiger charge is -2.33. The van der Waals surface area contributed by atoms with Crippen molar-refractivity contribution < 1.29 is 18.0 Å². The van der Waals surface area contributed by atoms with Crippen LogP contribution in [0.3, 0.4) is 0 Å². The third-order valence-electron chi connectivity index (χ3n) is 4.56. The smallest absolute Gasteiger partial charge is 0.238 e. The zero-order valence-corrected chi connectivity index (χ0v) is 16.6. The summed E-state index contributed by atoms with van der Waals surface area (Å²) in [5, 5.41) is 5.53. The number of nitrogens with one attached hydrogen (secondary N) is 2. The molecule has 0 radical (unpaired) electrons. The number of carbonyl (C=O) groups is 2. The fraction of sp³-hybridized carbons (Fsp3) is 0.579. The van der Waals surface area contributed by atoms with Crippen LogP contribution < -0.4 is 10.6 Å². The first-order valence-corrected chi connectivity index (χ1v) is 11.1. The van der Waals surface area contributed by atoms with Crippen LogP contribution in [0.25, 0.3) is 0 Å². The largest absolute Gasteiger partial charge is 0.354 e. The van der Waals surface area contributed by atoms with Gasteiger partial charge in [-0.25, -0.2) is 8.42 Å². The monoisotopic (exact) mass is 395 g/mol. The molecule has 1 unspecified atom stereocenters. The van der Waals surface area contributed by atoms with Crippen LogP contribution in [0.2, 0.25) is 0 Å². The van der Waals surface area contributed by atoms with Gasteiger partial charge in [-0.15, -0.1) is 0 Å². The van der Waals surface area contributed by atoms with E-state index in [0.29, 0.717) is 25.9 Å². The summed E-state index contributed by atoms with van der Waals surface area (Å²) in [7, 11) is -3.41. The number of nitrogens with zero attached hydrogens (tertiary/aromatic N) is 1. The quantitative estimate of drug-likeness (QED) is 0.661. The molecule has 0 aliphatic carbocycles. The highest BCUT2D eigenvalue weighted by atomic mass is 32.2. The summed E-state index contributed by atoms with van der Waals surface area (Å²) in [6.07, 6.45) is 2.80. The Kier molecular flexibility index (Phi) is 8.24. The number of hydrogen-bond donors (Lipinski definition) is 2. The van der Waals surface area contributed by atoms with Gasteiger partial charge >= 0.3 is 0 Å². The van der Waals surface area contributed by atoms with Crippen LogP contribution >= 0.6 is 0 Å². The standard InChI is InChI=1S/C19H29N3O4S/c1-2-14-27(25,26)22-13-7-6-10-17(22)19(24)20-12-11-18(23)21-15-16-8-4-3-5-9-16/h3-5,8-9,17H,2,6-7,10-15H2,1H3,(H,20,24)(H,21,23). The Morgan fingerprint density at radius 1 is 1.15 bits per heavy atom. The highest BCUT2D eigenvalue weighted by molar-refractivity contribution is 7.89.